The average Bonchev–Trinajstić information content (AvgIpc) is 3.50. The number of rotatable bonds is 5. The first-order valence-electron chi connectivity index (χ1n) is 16.2. The number of fused-ring (bicyclic) bond motifs is 3. The topological polar surface area (TPSA) is 0 Å². The Labute approximate surface area is 282 Å². The van der Waals surface area contributed by atoms with Gasteiger partial charge in [-0.1, -0.05) is 0 Å². The van der Waals surface area contributed by atoms with Crippen molar-refractivity contribution in [2.24, 2.45) is 11.3 Å². The van der Waals surface area contributed by atoms with Crippen molar-refractivity contribution in [1.82, 2.24) is 0 Å². The summed E-state index contributed by atoms with van der Waals surface area (Å²) in [6, 6.07) is 23.7. The van der Waals surface area contributed by atoms with Crippen molar-refractivity contribution in [2.45, 2.75) is 104 Å². The number of allylic oxidation sites excluding steroid dienone is 4. The Hall–Kier alpha value is -1.53. The molecule has 2 aliphatic carbocycles. The maximum absolute atomic E-state index is 5.65. The zero-order chi connectivity index (χ0) is 30.9. The van der Waals surface area contributed by atoms with E-state index >= 15 is 0 Å². The number of halogens is 2. The molecule has 3 aromatic rings. The molecule has 0 saturated heterocycles. The predicted molar refractivity (Wildman–Crippen MR) is 199 cm³/mol. The SMILES string of the molecule is Cl.Cl.[CH2]=[Zr]([CH3])([C]1=CC(C(C)(C)C)=CC1CCC)([c]1ccccc1)[c]1c(C(C)(C)C)ccc2c1Cc1cc(C(C)(C)C)ccc1-2. The van der Waals surface area contributed by atoms with Crippen molar-refractivity contribution in [1.29, 1.82) is 0 Å². The van der Waals surface area contributed by atoms with E-state index in [-0.39, 0.29) is 41.1 Å². The van der Waals surface area contributed by atoms with Crippen molar-refractivity contribution < 1.29 is 18.3 Å². The fourth-order valence-corrected chi connectivity index (χ4v) is 22.6. The van der Waals surface area contributed by atoms with E-state index in [0.29, 0.717) is 5.92 Å². The summed E-state index contributed by atoms with van der Waals surface area (Å²) in [6.45, 7) is 23.7. The Morgan fingerprint density at radius 1 is 0.773 bits per heavy atom. The van der Waals surface area contributed by atoms with Gasteiger partial charge < -0.3 is 0 Å². The molecule has 0 heterocycles. The molecule has 0 fully saturated rings. The summed E-state index contributed by atoms with van der Waals surface area (Å²) in [7, 11) is 0. The molecule has 5 rings (SSSR count). The molecule has 44 heavy (non-hydrogen) atoms. The third-order valence-electron chi connectivity index (χ3n) is 10.3. The van der Waals surface area contributed by atoms with Crippen molar-refractivity contribution in [2.75, 3.05) is 0 Å². The van der Waals surface area contributed by atoms with Gasteiger partial charge in [0.1, 0.15) is 0 Å². The molecular weight excluding hydrogens is 655 g/mol. The van der Waals surface area contributed by atoms with Gasteiger partial charge >= 0.3 is 259 Å². The summed E-state index contributed by atoms with van der Waals surface area (Å²) in [6.07, 6.45) is 8.61. The van der Waals surface area contributed by atoms with E-state index in [0.717, 1.165) is 6.42 Å². The zero-order valence-electron chi connectivity index (χ0n) is 29.2. The van der Waals surface area contributed by atoms with Gasteiger partial charge in [0.15, 0.2) is 0 Å². The number of benzene rings is 3. The van der Waals surface area contributed by atoms with Crippen LogP contribution in [0.1, 0.15) is 104 Å². The summed E-state index contributed by atoms with van der Waals surface area (Å²) >= 11 is -4.46. The van der Waals surface area contributed by atoms with Crippen LogP contribution in [-0.2, 0) is 35.5 Å². The molecule has 0 aliphatic heterocycles. The van der Waals surface area contributed by atoms with Crippen LogP contribution >= 0.6 is 24.8 Å². The fraction of sp³-hybridized carbons (Fsp3) is 0.439. The van der Waals surface area contributed by atoms with Crippen LogP contribution in [0.3, 0.4) is 0 Å². The van der Waals surface area contributed by atoms with Gasteiger partial charge in [-0.2, -0.15) is 0 Å². The molecule has 0 saturated carbocycles. The normalized spacial score (nSPS) is 16.8. The monoisotopic (exact) mass is 708 g/mol. The van der Waals surface area contributed by atoms with Crippen LogP contribution in [-0.4, -0.2) is 4.21 Å². The molecule has 0 amide bonds. The standard InChI is InChI=1S/C21H25.C12H19.C6H5.CH3.CH2.2ClH.Zr/c1-20(2,3)16-7-9-18-14(12-16)11-15-13-17(21(4,5)6)8-10-19(15)18;1-5-6-10-7-8-11(9-10)12(2,3)4;1-2-4-6-5-3-1;;;;;/h7-10,12H,11H2,1-6H3;8-10H,5-6H2,1-4H3;1-5H;1H3;1H2;2*1H;. The number of hydrogen-bond donors (Lipinski definition) is 0. The molecule has 0 bridgehead atoms. The van der Waals surface area contributed by atoms with Crippen molar-refractivity contribution in [3.8, 4) is 11.1 Å². The Morgan fingerprint density at radius 2 is 1.39 bits per heavy atom. The molecule has 0 nitrogen and oxygen atoms in total. The van der Waals surface area contributed by atoms with E-state index in [2.05, 4.69) is 147 Å². The van der Waals surface area contributed by atoms with Gasteiger partial charge in [0.25, 0.3) is 0 Å². The second kappa shape index (κ2) is 12.2. The predicted octanol–water partition coefficient (Wildman–Crippen LogP) is 11.1. The van der Waals surface area contributed by atoms with Crippen molar-refractivity contribution >= 4 is 35.6 Å². The molecule has 238 valence electrons. The van der Waals surface area contributed by atoms with Crippen LogP contribution in [0.4, 0.5) is 0 Å². The Morgan fingerprint density at radius 3 is 1.93 bits per heavy atom. The minimum absolute atomic E-state index is 0. The van der Waals surface area contributed by atoms with Crippen LogP contribution in [0.5, 0.6) is 0 Å². The zero-order valence-corrected chi connectivity index (χ0v) is 33.2. The minimum atomic E-state index is -4.46. The molecule has 1 atom stereocenters. The van der Waals surface area contributed by atoms with Crippen LogP contribution < -0.4 is 6.54 Å². The fourth-order valence-electron chi connectivity index (χ4n) is 7.83. The summed E-state index contributed by atoms with van der Waals surface area (Å²) in [5, 5.41) is 0. The summed E-state index contributed by atoms with van der Waals surface area (Å²) in [4.78, 5) is 0. The first kappa shape index (κ1) is 36.9. The van der Waals surface area contributed by atoms with E-state index < -0.39 is 18.3 Å². The van der Waals surface area contributed by atoms with Gasteiger partial charge in [-0.3, -0.25) is 0 Å². The van der Waals surface area contributed by atoms with Crippen LogP contribution in [0, 0.1) is 11.3 Å². The summed E-state index contributed by atoms with van der Waals surface area (Å²) < 4.78 is 13.1. The van der Waals surface area contributed by atoms with Crippen LogP contribution in [0.2, 0.25) is 4.63 Å². The van der Waals surface area contributed by atoms with E-state index in [1.807, 2.05) is 0 Å². The molecule has 0 aromatic heterocycles. The van der Waals surface area contributed by atoms with Gasteiger partial charge in [0.2, 0.25) is 0 Å². The molecule has 0 N–H and O–H groups in total. The second-order valence-electron chi connectivity index (χ2n) is 16.8. The van der Waals surface area contributed by atoms with Gasteiger partial charge in [0.05, 0.1) is 0 Å². The van der Waals surface area contributed by atoms with E-state index in [4.69, 9.17) is 4.21 Å². The molecule has 2 aliphatic rings. The van der Waals surface area contributed by atoms with Gasteiger partial charge in [-0.15, -0.1) is 24.8 Å². The number of hydrogen-bond acceptors (Lipinski definition) is 0. The van der Waals surface area contributed by atoms with Crippen molar-refractivity contribution in [3.05, 3.63) is 104 Å². The maximum atomic E-state index is 5.65. The van der Waals surface area contributed by atoms with Gasteiger partial charge in [-0.05, 0) is 0 Å². The van der Waals surface area contributed by atoms with E-state index in [1.165, 1.54) is 49.5 Å². The van der Waals surface area contributed by atoms with E-state index in [9.17, 15) is 0 Å². The van der Waals surface area contributed by atoms with Crippen molar-refractivity contribution in [3.63, 3.8) is 0 Å². The van der Waals surface area contributed by atoms with Crippen LogP contribution in [0.25, 0.3) is 11.1 Å². The Balaban J connectivity index is 0.00000264. The summed E-state index contributed by atoms with van der Waals surface area (Å²) in [5.41, 5.74) is 10.5. The van der Waals surface area contributed by atoms with Gasteiger partial charge in [-0.25, -0.2) is 0 Å². The molecule has 3 aromatic carbocycles. The third-order valence-corrected chi connectivity index (χ3v) is 24.8. The third kappa shape index (κ3) is 6.12. The Kier molecular flexibility index (Phi) is 10.3. The quantitative estimate of drug-likeness (QED) is 0.193. The molecule has 1 unspecified atom stereocenters. The van der Waals surface area contributed by atoms with Gasteiger partial charge in [0, 0.05) is 0 Å². The first-order chi connectivity index (χ1) is 19.4. The van der Waals surface area contributed by atoms with Crippen LogP contribution in [0.15, 0.2) is 81.7 Å². The molecule has 0 radical (unpaired) electrons. The summed E-state index contributed by atoms with van der Waals surface area (Å²) in [5.74, 6) is 0.442. The Bertz CT molecular complexity index is 1670. The molecular formula is C41H56Cl2Zr. The first-order valence-corrected chi connectivity index (χ1v) is 24.1. The average molecular weight is 711 g/mol. The molecule has 0 spiro atoms. The van der Waals surface area contributed by atoms with E-state index in [1.54, 1.807) is 12.1 Å². The second-order valence-corrected chi connectivity index (χ2v) is 30.7. The molecule has 3 heteroatoms.